The molecule has 2 rings (SSSR count). The van der Waals surface area contributed by atoms with Gasteiger partial charge in [-0.05, 0) is 37.8 Å². The van der Waals surface area contributed by atoms with Gasteiger partial charge in [-0.25, -0.2) is 0 Å². The zero-order valence-corrected chi connectivity index (χ0v) is 11.7. The maximum atomic E-state index is 12.0. The number of rotatable bonds is 6. The standard InChI is InChI=1S/C15H22N2O2/c1-11-3-4-13(19-2)12(7-11)8-14(18)17-10-15(9-16)5-6-15/h3-4,7H,5-6,8-10,16H2,1-2H3,(H,17,18). The molecule has 4 heteroatoms. The lowest BCUT2D eigenvalue weighted by Crippen LogP contribution is -2.34. The van der Waals surface area contributed by atoms with Gasteiger partial charge >= 0.3 is 0 Å². The van der Waals surface area contributed by atoms with Gasteiger partial charge in [-0.1, -0.05) is 17.7 Å². The van der Waals surface area contributed by atoms with Gasteiger partial charge in [-0.2, -0.15) is 0 Å². The molecule has 104 valence electrons. The van der Waals surface area contributed by atoms with Crippen molar-refractivity contribution in [1.82, 2.24) is 5.32 Å². The van der Waals surface area contributed by atoms with Gasteiger partial charge in [-0.15, -0.1) is 0 Å². The van der Waals surface area contributed by atoms with Crippen LogP contribution in [0.4, 0.5) is 0 Å². The molecule has 0 unspecified atom stereocenters. The van der Waals surface area contributed by atoms with Crippen LogP contribution in [0.5, 0.6) is 5.75 Å². The predicted octanol–water partition coefficient (Wildman–Crippen LogP) is 1.40. The second-order valence-corrected chi connectivity index (χ2v) is 5.47. The summed E-state index contributed by atoms with van der Waals surface area (Å²) in [5.74, 6) is 0.796. The molecule has 1 aliphatic carbocycles. The van der Waals surface area contributed by atoms with Crippen LogP contribution < -0.4 is 15.8 Å². The summed E-state index contributed by atoms with van der Waals surface area (Å²) in [5.41, 5.74) is 7.93. The van der Waals surface area contributed by atoms with Crippen LogP contribution in [0.25, 0.3) is 0 Å². The highest BCUT2D eigenvalue weighted by molar-refractivity contribution is 5.79. The van der Waals surface area contributed by atoms with Crippen LogP contribution >= 0.6 is 0 Å². The number of nitrogens with two attached hydrogens (primary N) is 1. The first-order valence-electron chi connectivity index (χ1n) is 6.69. The Bertz CT molecular complexity index is 467. The first-order chi connectivity index (χ1) is 9.08. The minimum absolute atomic E-state index is 0.0311. The van der Waals surface area contributed by atoms with Crippen molar-refractivity contribution in [3.63, 3.8) is 0 Å². The van der Waals surface area contributed by atoms with E-state index in [1.165, 1.54) is 0 Å². The summed E-state index contributed by atoms with van der Waals surface area (Å²) in [7, 11) is 1.62. The zero-order valence-electron chi connectivity index (χ0n) is 11.7. The van der Waals surface area contributed by atoms with E-state index in [0.29, 0.717) is 19.5 Å². The maximum absolute atomic E-state index is 12.0. The van der Waals surface area contributed by atoms with Gasteiger partial charge in [0.2, 0.25) is 5.91 Å². The van der Waals surface area contributed by atoms with E-state index < -0.39 is 0 Å². The summed E-state index contributed by atoms with van der Waals surface area (Å²) in [6, 6.07) is 5.88. The van der Waals surface area contributed by atoms with E-state index in [-0.39, 0.29) is 11.3 Å². The molecule has 1 aromatic rings. The number of carbonyl (C=O) groups is 1. The molecule has 19 heavy (non-hydrogen) atoms. The SMILES string of the molecule is COc1ccc(C)cc1CC(=O)NCC1(CN)CC1. The number of aryl methyl sites for hydroxylation is 1. The number of amides is 1. The van der Waals surface area contributed by atoms with Gasteiger partial charge in [0.25, 0.3) is 0 Å². The third kappa shape index (κ3) is 3.47. The second kappa shape index (κ2) is 5.61. The van der Waals surface area contributed by atoms with E-state index in [1.54, 1.807) is 7.11 Å². The van der Waals surface area contributed by atoms with Crippen LogP contribution in [0.2, 0.25) is 0 Å². The van der Waals surface area contributed by atoms with Gasteiger partial charge in [0.15, 0.2) is 0 Å². The molecule has 1 saturated carbocycles. The molecule has 0 spiro atoms. The Kier molecular flexibility index (Phi) is 4.10. The van der Waals surface area contributed by atoms with Crippen LogP contribution in [0.3, 0.4) is 0 Å². The summed E-state index contributed by atoms with van der Waals surface area (Å²) in [4.78, 5) is 12.0. The van der Waals surface area contributed by atoms with Crippen LogP contribution in [-0.2, 0) is 11.2 Å². The van der Waals surface area contributed by atoms with E-state index >= 15 is 0 Å². The number of methoxy groups -OCH3 is 1. The van der Waals surface area contributed by atoms with E-state index in [4.69, 9.17) is 10.5 Å². The van der Waals surface area contributed by atoms with Crippen molar-refractivity contribution in [2.24, 2.45) is 11.1 Å². The summed E-state index contributed by atoms with van der Waals surface area (Å²) in [6.45, 7) is 3.35. The summed E-state index contributed by atoms with van der Waals surface area (Å²) in [5, 5.41) is 2.98. The monoisotopic (exact) mass is 262 g/mol. The predicted molar refractivity (Wildman–Crippen MR) is 75.2 cm³/mol. The van der Waals surface area contributed by atoms with Gasteiger partial charge < -0.3 is 15.8 Å². The Morgan fingerprint density at radius 3 is 2.79 bits per heavy atom. The molecule has 1 aromatic carbocycles. The number of carbonyl (C=O) groups excluding carboxylic acids is 1. The van der Waals surface area contributed by atoms with Crippen LogP contribution in [0, 0.1) is 12.3 Å². The Labute approximate surface area is 114 Å². The molecule has 1 aliphatic rings. The molecular formula is C15H22N2O2. The Morgan fingerprint density at radius 1 is 1.47 bits per heavy atom. The van der Waals surface area contributed by atoms with Crippen molar-refractivity contribution >= 4 is 5.91 Å². The molecule has 3 N–H and O–H groups in total. The smallest absolute Gasteiger partial charge is 0.224 e. The average molecular weight is 262 g/mol. The Morgan fingerprint density at radius 2 is 2.21 bits per heavy atom. The molecule has 0 atom stereocenters. The summed E-state index contributed by atoms with van der Waals surface area (Å²) in [6.07, 6.45) is 2.60. The molecular weight excluding hydrogens is 240 g/mol. The first-order valence-corrected chi connectivity index (χ1v) is 6.69. The number of hydrogen-bond donors (Lipinski definition) is 2. The normalized spacial score (nSPS) is 15.9. The highest BCUT2D eigenvalue weighted by Crippen LogP contribution is 2.43. The van der Waals surface area contributed by atoms with E-state index in [9.17, 15) is 4.79 Å². The quantitative estimate of drug-likeness (QED) is 0.814. The van der Waals surface area contributed by atoms with Gasteiger partial charge in [0, 0.05) is 12.1 Å². The van der Waals surface area contributed by atoms with Gasteiger partial charge in [0.1, 0.15) is 5.75 Å². The minimum Gasteiger partial charge on any atom is -0.496 e. The van der Waals surface area contributed by atoms with E-state index in [1.807, 2.05) is 25.1 Å². The molecule has 4 nitrogen and oxygen atoms in total. The molecule has 1 amide bonds. The first kappa shape index (κ1) is 13.9. The Hall–Kier alpha value is -1.55. The van der Waals surface area contributed by atoms with Crippen molar-refractivity contribution in [3.05, 3.63) is 29.3 Å². The largest absolute Gasteiger partial charge is 0.496 e. The molecule has 0 bridgehead atoms. The van der Waals surface area contributed by atoms with Crippen LogP contribution in [0.15, 0.2) is 18.2 Å². The van der Waals surface area contributed by atoms with Crippen molar-refractivity contribution in [2.45, 2.75) is 26.2 Å². The molecule has 0 aromatic heterocycles. The lowest BCUT2D eigenvalue weighted by Gasteiger charge is -2.14. The van der Waals surface area contributed by atoms with Crippen molar-refractivity contribution in [3.8, 4) is 5.75 Å². The van der Waals surface area contributed by atoms with Crippen molar-refractivity contribution < 1.29 is 9.53 Å². The number of nitrogens with one attached hydrogen (secondary N) is 1. The van der Waals surface area contributed by atoms with Crippen molar-refractivity contribution in [2.75, 3.05) is 20.2 Å². The van der Waals surface area contributed by atoms with E-state index in [2.05, 4.69) is 5.32 Å². The highest BCUT2D eigenvalue weighted by Gasteiger charge is 2.41. The molecule has 1 fully saturated rings. The van der Waals surface area contributed by atoms with Crippen molar-refractivity contribution in [1.29, 1.82) is 0 Å². The fourth-order valence-electron chi connectivity index (χ4n) is 2.20. The van der Waals surface area contributed by atoms with Crippen LogP contribution in [0.1, 0.15) is 24.0 Å². The summed E-state index contributed by atoms with van der Waals surface area (Å²) < 4.78 is 5.28. The minimum atomic E-state index is 0.0311. The zero-order chi connectivity index (χ0) is 13.9. The Balaban J connectivity index is 1.93. The average Bonchev–Trinajstić information content (AvgIpc) is 3.17. The number of benzene rings is 1. The highest BCUT2D eigenvalue weighted by atomic mass is 16.5. The third-order valence-corrected chi connectivity index (χ3v) is 3.84. The fraction of sp³-hybridized carbons (Fsp3) is 0.533. The fourth-order valence-corrected chi connectivity index (χ4v) is 2.20. The maximum Gasteiger partial charge on any atom is 0.224 e. The van der Waals surface area contributed by atoms with Gasteiger partial charge in [-0.3, -0.25) is 4.79 Å². The van der Waals surface area contributed by atoms with Gasteiger partial charge in [0.05, 0.1) is 13.5 Å². The third-order valence-electron chi connectivity index (χ3n) is 3.84. The molecule has 0 aliphatic heterocycles. The molecule has 0 saturated heterocycles. The number of hydrogen-bond acceptors (Lipinski definition) is 3. The lowest BCUT2D eigenvalue weighted by atomic mass is 10.1. The number of ether oxygens (including phenoxy) is 1. The lowest BCUT2D eigenvalue weighted by molar-refractivity contribution is -0.120. The van der Waals surface area contributed by atoms with E-state index in [0.717, 1.165) is 29.7 Å². The van der Waals surface area contributed by atoms with Crippen LogP contribution in [-0.4, -0.2) is 26.1 Å². The molecule has 0 heterocycles. The molecule has 0 radical (unpaired) electrons. The topological polar surface area (TPSA) is 64.3 Å². The summed E-state index contributed by atoms with van der Waals surface area (Å²) >= 11 is 0. The second-order valence-electron chi connectivity index (χ2n) is 5.47.